The van der Waals surface area contributed by atoms with Gasteiger partial charge in [0.2, 0.25) is 11.8 Å². The lowest BCUT2D eigenvalue weighted by molar-refractivity contribution is -0.140. The third-order valence-electron chi connectivity index (χ3n) is 5.22. The van der Waals surface area contributed by atoms with Crippen LogP contribution in [0.15, 0.2) is 18.2 Å². The summed E-state index contributed by atoms with van der Waals surface area (Å²) in [5.41, 5.74) is 2.12. The molecule has 0 aliphatic rings. The fourth-order valence-electron chi connectivity index (χ4n) is 3.48. The van der Waals surface area contributed by atoms with E-state index in [1.807, 2.05) is 39.0 Å². The van der Waals surface area contributed by atoms with Crippen molar-refractivity contribution in [1.29, 1.82) is 0 Å². The number of carbonyl (C=O) groups excluding carboxylic acids is 3. The van der Waals surface area contributed by atoms with Crippen LogP contribution in [0.1, 0.15) is 89.5 Å². The van der Waals surface area contributed by atoms with Crippen LogP contribution in [0.3, 0.4) is 0 Å². The smallest absolute Gasteiger partial charge is 0.408 e. The molecular weight excluding hydrogens is 418 g/mol. The first kappa shape index (κ1) is 28.5. The topological polar surface area (TPSA) is 87.7 Å². The van der Waals surface area contributed by atoms with Crippen molar-refractivity contribution in [1.82, 2.24) is 15.5 Å². The highest BCUT2D eigenvalue weighted by molar-refractivity contribution is 5.90. The van der Waals surface area contributed by atoms with E-state index >= 15 is 0 Å². The van der Waals surface area contributed by atoms with Crippen molar-refractivity contribution >= 4 is 17.9 Å². The summed E-state index contributed by atoms with van der Waals surface area (Å²) in [4.78, 5) is 40.4. The van der Waals surface area contributed by atoms with Crippen molar-refractivity contribution in [3.8, 4) is 0 Å². The number of ether oxygens (including phenoxy) is 1. The maximum atomic E-state index is 13.4. The highest BCUT2D eigenvalue weighted by Crippen LogP contribution is 2.26. The number of aryl methyl sites for hydroxylation is 2. The predicted octanol–water partition coefficient (Wildman–Crippen LogP) is 4.80. The lowest BCUT2D eigenvalue weighted by atomic mass is 9.96. The second-order valence-electron chi connectivity index (χ2n) is 9.56. The standard InChI is InChI=1S/C26H43N3O4/c1-8-10-12-15-27-24(31)23(21-17-19(3)13-14-20(21)4)29(16-11-9-2)22(30)18-28-25(32)33-26(5,6)7/h13-14,17,23H,8-12,15-16,18H2,1-7H3,(H,27,31)(H,28,32). The van der Waals surface area contributed by atoms with E-state index in [-0.39, 0.29) is 18.4 Å². The van der Waals surface area contributed by atoms with E-state index in [0.29, 0.717) is 13.1 Å². The molecule has 0 saturated heterocycles. The van der Waals surface area contributed by atoms with Gasteiger partial charge in [-0.2, -0.15) is 0 Å². The molecule has 1 aromatic carbocycles. The molecule has 0 aliphatic carbocycles. The highest BCUT2D eigenvalue weighted by atomic mass is 16.6. The number of nitrogens with zero attached hydrogens (tertiary/aromatic N) is 1. The molecule has 1 rings (SSSR count). The molecule has 1 unspecified atom stereocenters. The number of hydrogen-bond acceptors (Lipinski definition) is 4. The van der Waals surface area contributed by atoms with E-state index < -0.39 is 17.7 Å². The van der Waals surface area contributed by atoms with Gasteiger partial charge in [-0.15, -0.1) is 0 Å². The molecule has 0 bridgehead atoms. The zero-order chi connectivity index (χ0) is 25.0. The van der Waals surface area contributed by atoms with Crippen LogP contribution in [0, 0.1) is 13.8 Å². The predicted molar refractivity (Wildman–Crippen MR) is 132 cm³/mol. The van der Waals surface area contributed by atoms with Crippen LogP contribution < -0.4 is 10.6 Å². The zero-order valence-electron chi connectivity index (χ0n) is 21.5. The lowest BCUT2D eigenvalue weighted by Crippen LogP contribution is -2.48. The normalized spacial score (nSPS) is 12.1. The molecule has 7 nitrogen and oxygen atoms in total. The van der Waals surface area contributed by atoms with Crippen molar-refractivity contribution in [2.75, 3.05) is 19.6 Å². The molecule has 0 aromatic heterocycles. The summed E-state index contributed by atoms with van der Waals surface area (Å²) >= 11 is 0. The van der Waals surface area contributed by atoms with Crippen LogP contribution in [0.5, 0.6) is 0 Å². The maximum absolute atomic E-state index is 13.4. The third-order valence-corrected chi connectivity index (χ3v) is 5.22. The first-order chi connectivity index (χ1) is 15.5. The van der Waals surface area contributed by atoms with E-state index in [1.54, 1.807) is 25.7 Å². The number of nitrogens with one attached hydrogen (secondary N) is 2. The Kier molecular flexibility index (Phi) is 12.0. The third kappa shape index (κ3) is 10.3. The Hall–Kier alpha value is -2.57. The minimum Gasteiger partial charge on any atom is -0.444 e. The van der Waals surface area contributed by atoms with Crippen LogP contribution in [-0.2, 0) is 14.3 Å². The molecular formula is C26H43N3O4. The van der Waals surface area contributed by atoms with Crippen molar-refractivity contribution < 1.29 is 19.1 Å². The minimum absolute atomic E-state index is 0.193. The molecule has 0 saturated carbocycles. The summed E-state index contributed by atoms with van der Waals surface area (Å²) in [7, 11) is 0. The fraction of sp³-hybridized carbons (Fsp3) is 0.654. The largest absolute Gasteiger partial charge is 0.444 e. The van der Waals surface area contributed by atoms with E-state index in [4.69, 9.17) is 4.74 Å². The molecule has 0 aliphatic heterocycles. The quantitative estimate of drug-likeness (QED) is 0.438. The molecule has 2 N–H and O–H groups in total. The Labute approximate surface area is 199 Å². The van der Waals surface area contributed by atoms with E-state index in [0.717, 1.165) is 48.8 Å². The van der Waals surface area contributed by atoms with Crippen LogP contribution in [0.4, 0.5) is 4.79 Å². The van der Waals surface area contributed by atoms with Crippen LogP contribution >= 0.6 is 0 Å². The van der Waals surface area contributed by atoms with Gasteiger partial charge < -0.3 is 20.3 Å². The molecule has 1 atom stereocenters. The van der Waals surface area contributed by atoms with E-state index in [9.17, 15) is 14.4 Å². The molecule has 1 aromatic rings. The molecule has 3 amide bonds. The van der Waals surface area contributed by atoms with Gasteiger partial charge in [-0.1, -0.05) is 56.9 Å². The maximum Gasteiger partial charge on any atom is 0.408 e. The Morgan fingerprint density at radius 2 is 1.67 bits per heavy atom. The van der Waals surface area contributed by atoms with Gasteiger partial charge in [0.05, 0.1) is 0 Å². The van der Waals surface area contributed by atoms with E-state index in [2.05, 4.69) is 17.6 Å². The molecule has 0 fully saturated rings. The second-order valence-corrected chi connectivity index (χ2v) is 9.56. The van der Waals surface area contributed by atoms with Gasteiger partial charge in [0.1, 0.15) is 18.2 Å². The van der Waals surface area contributed by atoms with Crippen molar-refractivity contribution in [2.24, 2.45) is 0 Å². The summed E-state index contributed by atoms with van der Waals surface area (Å²) in [6.45, 7) is 14.1. The van der Waals surface area contributed by atoms with Gasteiger partial charge in [0.15, 0.2) is 0 Å². The Balaban J connectivity index is 3.19. The minimum atomic E-state index is -0.758. The Bertz CT molecular complexity index is 786. The monoisotopic (exact) mass is 461 g/mol. The summed E-state index contributed by atoms with van der Waals surface area (Å²) in [5, 5.41) is 5.57. The molecule has 0 spiro atoms. The molecule has 186 valence electrons. The van der Waals surface area contributed by atoms with Crippen LogP contribution in [-0.4, -0.2) is 48.0 Å². The van der Waals surface area contributed by atoms with Gasteiger partial charge in [-0.25, -0.2) is 4.79 Å². The SMILES string of the molecule is CCCCCNC(=O)C(c1cc(C)ccc1C)N(CCCC)C(=O)CNC(=O)OC(C)(C)C. The zero-order valence-corrected chi connectivity index (χ0v) is 21.5. The lowest BCUT2D eigenvalue weighted by Gasteiger charge is -2.32. The van der Waals surface area contributed by atoms with Gasteiger partial charge >= 0.3 is 6.09 Å². The first-order valence-electron chi connectivity index (χ1n) is 12.1. The van der Waals surface area contributed by atoms with Gasteiger partial charge in [-0.3, -0.25) is 9.59 Å². The van der Waals surface area contributed by atoms with Gasteiger partial charge in [0, 0.05) is 13.1 Å². The van der Waals surface area contributed by atoms with Crippen molar-refractivity contribution in [3.05, 3.63) is 34.9 Å². The Morgan fingerprint density at radius 1 is 1.00 bits per heavy atom. The second kappa shape index (κ2) is 13.9. The van der Waals surface area contributed by atoms with E-state index in [1.165, 1.54) is 0 Å². The summed E-state index contributed by atoms with van der Waals surface area (Å²) in [5.74, 6) is -0.509. The number of hydrogen-bond donors (Lipinski definition) is 2. The highest BCUT2D eigenvalue weighted by Gasteiger charge is 2.32. The van der Waals surface area contributed by atoms with Gasteiger partial charge in [-0.05, 0) is 58.6 Å². The number of alkyl carbamates (subject to hydrolysis) is 1. The fourth-order valence-corrected chi connectivity index (χ4v) is 3.48. The summed E-state index contributed by atoms with van der Waals surface area (Å²) < 4.78 is 5.25. The summed E-state index contributed by atoms with van der Waals surface area (Å²) in [6.07, 6.45) is 3.97. The number of rotatable bonds is 12. The van der Waals surface area contributed by atoms with Crippen LogP contribution in [0.2, 0.25) is 0 Å². The molecule has 0 radical (unpaired) electrons. The van der Waals surface area contributed by atoms with Crippen molar-refractivity contribution in [2.45, 2.75) is 92.2 Å². The number of carbonyl (C=O) groups is 3. The molecule has 7 heteroatoms. The number of benzene rings is 1. The molecule has 0 heterocycles. The van der Waals surface area contributed by atoms with Crippen molar-refractivity contribution in [3.63, 3.8) is 0 Å². The first-order valence-corrected chi connectivity index (χ1v) is 12.1. The number of unbranched alkanes of at least 4 members (excludes halogenated alkanes) is 3. The average Bonchev–Trinajstić information content (AvgIpc) is 2.73. The van der Waals surface area contributed by atoms with Gasteiger partial charge in [0.25, 0.3) is 0 Å². The number of amides is 3. The Morgan fingerprint density at radius 3 is 2.27 bits per heavy atom. The molecule has 33 heavy (non-hydrogen) atoms. The summed E-state index contributed by atoms with van der Waals surface area (Å²) in [6, 6.07) is 5.19. The van der Waals surface area contributed by atoms with Crippen LogP contribution in [0.25, 0.3) is 0 Å². The average molecular weight is 462 g/mol.